The first-order valence-electron chi connectivity index (χ1n) is 10.9. The number of nitrogens with two attached hydrogens (primary N) is 1. The predicted octanol–water partition coefficient (Wildman–Crippen LogP) is 1.88. The molecule has 4 N–H and O–H groups in total. The number of sulfone groups is 1. The number of carbonyl (C=O) groups is 1. The molecule has 1 aromatic heterocycles. The van der Waals surface area contributed by atoms with E-state index in [1.807, 2.05) is 27.7 Å². The number of carbonyl (C=O) groups excluding carboxylic acids is 1. The molecular formula is C20H32N2O8S4. The first kappa shape index (κ1) is 27.7. The number of primary sulfonamides is 1. The van der Waals surface area contributed by atoms with E-state index >= 15 is 0 Å². The summed E-state index contributed by atoms with van der Waals surface area (Å²) in [7, 11) is -11.6. The minimum absolute atomic E-state index is 0.0990. The van der Waals surface area contributed by atoms with Gasteiger partial charge in [-0.2, -0.15) is 8.42 Å². The maximum Gasteiger partial charge on any atom is 0.275 e. The zero-order valence-corrected chi connectivity index (χ0v) is 23.0. The average Bonchev–Trinajstić information content (AvgIpc) is 3.27. The Morgan fingerprint density at radius 2 is 1.82 bits per heavy atom. The second kappa shape index (κ2) is 8.60. The van der Waals surface area contributed by atoms with Gasteiger partial charge >= 0.3 is 0 Å². The largest absolute Gasteiger partial charge is 0.310 e. The van der Waals surface area contributed by atoms with E-state index in [9.17, 15) is 30.0 Å². The lowest BCUT2D eigenvalue weighted by atomic mass is 9.70. The third kappa shape index (κ3) is 4.28. The molecule has 5 atom stereocenters. The topological polar surface area (TPSA) is 178 Å². The van der Waals surface area contributed by atoms with Gasteiger partial charge in [0.15, 0.2) is 15.6 Å². The number of Topliss-reactive ketones (excluding diaryl/α,β-unsaturated/α-hetero) is 1. The second-order valence-corrected chi connectivity index (χ2v) is 17.0. The van der Waals surface area contributed by atoms with Crippen LogP contribution in [0.2, 0.25) is 0 Å². The lowest BCUT2D eigenvalue weighted by Gasteiger charge is -2.32. The van der Waals surface area contributed by atoms with Gasteiger partial charge in [-0.25, -0.2) is 22.0 Å². The molecule has 10 nitrogen and oxygen atoms in total. The highest BCUT2D eigenvalue weighted by Crippen LogP contribution is 2.64. The van der Waals surface area contributed by atoms with Gasteiger partial charge in [0.1, 0.15) is 13.7 Å². The summed E-state index contributed by atoms with van der Waals surface area (Å²) in [6.07, 6.45) is 1.87. The van der Waals surface area contributed by atoms with Gasteiger partial charge in [-0.3, -0.25) is 9.35 Å². The van der Waals surface area contributed by atoms with Crippen LogP contribution < -0.4 is 10.5 Å². The van der Waals surface area contributed by atoms with E-state index < -0.39 is 45.9 Å². The normalized spacial score (nSPS) is 33.8. The summed E-state index contributed by atoms with van der Waals surface area (Å²) in [5.74, 6) is -0.531. The highest BCUT2D eigenvalue weighted by Gasteiger charge is 2.69. The minimum atomic E-state index is -4.24. The summed E-state index contributed by atoms with van der Waals surface area (Å²) < 4.78 is 78.8. The summed E-state index contributed by atoms with van der Waals surface area (Å²) in [6.45, 7) is 9.90. The van der Waals surface area contributed by atoms with Crippen LogP contribution >= 0.6 is 11.3 Å². The molecule has 3 aliphatic rings. The number of hydrogen-bond donors (Lipinski definition) is 3. The minimum Gasteiger partial charge on any atom is -0.310 e. The van der Waals surface area contributed by atoms with E-state index in [0.29, 0.717) is 24.9 Å². The van der Waals surface area contributed by atoms with Crippen LogP contribution in [0.3, 0.4) is 0 Å². The van der Waals surface area contributed by atoms with Crippen LogP contribution in [0, 0.1) is 16.7 Å². The number of nitrogens with one attached hydrogen (secondary N) is 1. The van der Waals surface area contributed by atoms with Gasteiger partial charge in [-0.1, -0.05) is 27.7 Å². The van der Waals surface area contributed by atoms with Crippen LogP contribution in [0.4, 0.5) is 0 Å². The maximum absolute atomic E-state index is 12.2. The number of fused-ring (bicyclic) bond motifs is 3. The molecule has 1 aromatic rings. The zero-order valence-electron chi connectivity index (χ0n) is 19.7. The van der Waals surface area contributed by atoms with Gasteiger partial charge in [0.05, 0.1) is 5.25 Å². The van der Waals surface area contributed by atoms with Crippen molar-refractivity contribution in [1.29, 1.82) is 0 Å². The number of thiophene rings is 1. The van der Waals surface area contributed by atoms with E-state index in [1.165, 1.54) is 6.07 Å². The monoisotopic (exact) mass is 556 g/mol. The van der Waals surface area contributed by atoms with Crippen LogP contribution in [0.25, 0.3) is 0 Å². The molecule has 2 bridgehead atoms. The van der Waals surface area contributed by atoms with E-state index in [2.05, 4.69) is 5.32 Å². The fourth-order valence-corrected chi connectivity index (χ4v) is 11.4. The molecule has 2 aliphatic carbocycles. The molecule has 34 heavy (non-hydrogen) atoms. The maximum atomic E-state index is 12.2. The highest BCUT2D eigenvalue weighted by molar-refractivity contribution is 7.95. The molecule has 3 unspecified atom stereocenters. The molecule has 2 heterocycles. The van der Waals surface area contributed by atoms with Crippen molar-refractivity contribution in [1.82, 2.24) is 5.32 Å². The molecule has 2 saturated carbocycles. The van der Waals surface area contributed by atoms with Gasteiger partial charge in [0, 0.05) is 17.0 Å². The predicted molar refractivity (Wildman–Crippen MR) is 128 cm³/mol. The van der Waals surface area contributed by atoms with E-state index in [1.54, 1.807) is 6.92 Å². The third-order valence-electron chi connectivity index (χ3n) is 7.96. The summed E-state index contributed by atoms with van der Waals surface area (Å²) >= 11 is 0.742. The molecule has 4 rings (SSSR count). The second-order valence-electron chi connectivity index (χ2n) is 10.1. The van der Waals surface area contributed by atoms with Crippen LogP contribution in [0.1, 0.15) is 65.5 Å². The lowest BCUT2D eigenvalue weighted by Crippen LogP contribution is -2.38. The Kier molecular flexibility index (Phi) is 7.00. The van der Waals surface area contributed by atoms with Crippen LogP contribution in [-0.4, -0.2) is 52.6 Å². The van der Waals surface area contributed by atoms with Crippen molar-refractivity contribution in [3.63, 3.8) is 0 Å². The van der Waals surface area contributed by atoms with Crippen molar-refractivity contribution < 1.29 is 34.6 Å². The third-order valence-corrected chi connectivity index (χ3v) is 14.5. The first-order chi connectivity index (χ1) is 15.3. The molecule has 1 aliphatic heterocycles. The summed E-state index contributed by atoms with van der Waals surface area (Å²) in [5, 5.41) is 6.54. The molecule has 0 aromatic carbocycles. The van der Waals surface area contributed by atoms with Crippen molar-refractivity contribution in [3.8, 4) is 0 Å². The Labute approximate surface area is 205 Å². The molecule has 0 spiro atoms. The van der Waals surface area contributed by atoms with Gasteiger partial charge < -0.3 is 5.32 Å². The van der Waals surface area contributed by atoms with Crippen LogP contribution in [0.15, 0.2) is 14.5 Å². The lowest BCUT2D eigenvalue weighted by molar-refractivity contribution is -0.128. The summed E-state index contributed by atoms with van der Waals surface area (Å²) in [6, 6.07) is 1.23. The molecule has 0 radical (unpaired) electrons. The van der Waals surface area contributed by atoms with Crippen LogP contribution in [0.5, 0.6) is 0 Å². The number of ketones is 1. The molecular weight excluding hydrogens is 524 g/mol. The number of hydrogen-bond acceptors (Lipinski definition) is 9. The van der Waals surface area contributed by atoms with Gasteiger partial charge in [0.2, 0.25) is 10.0 Å². The highest BCUT2D eigenvalue weighted by atomic mass is 32.3. The standard InChI is InChI=1S/C10H16N2O4S3.C10H16O4S/c1-3-12-8-4-6(2)18(13,14)10-7(8)5-9(17-10)19(11,15)16;1-9(2)6-4-5-10(9,3)8(11)7(6)15(12,13)14/h5-6,8,12H,3-4H2,1-2H3,(H2,11,15,16);6-7H,4-5H2,1-3H3,(H,12,13,14)/t6-,8-;/m0./s1. The molecule has 0 saturated heterocycles. The van der Waals surface area contributed by atoms with Crippen molar-refractivity contribution >= 4 is 47.1 Å². The van der Waals surface area contributed by atoms with Gasteiger partial charge in [-0.05, 0) is 50.1 Å². The molecule has 2 fully saturated rings. The van der Waals surface area contributed by atoms with E-state index in [-0.39, 0.29) is 31.6 Å². The first-order valence-corrected chi connectivity index (χ1v) is 16.4. The smallest absolute Gasteiger partial charge is 0.275 e. The quantitative estimate of drug-likeness (QED) is 0.467. The molecule has 14 heteroatoms. The van der Waals surface area contributed by atoms with Crippen molar-refractivity contribution in [3.05, 3.63) is 11.6 Å². The van der Waals surface area contributed by atoms with Crippen molar-refractivity contribution in [2.45, 2.75) is 78.8 Å². The van der Waals surface area contributed by atoms with Crippen LogP contribution in [-0.2, 0) is 34.8 Å². The Morgan fingerprint density at radius 3 is 2.24 bits per heavy atom. The Balaban J connectivity index is 0.000000196. The number of sulfonamides is 1. The van der Waals surface area contributed by atoms with E-state index in [0.717, 1.165) is 17.8 Å². The number of rotatable bonds is 4. The summed E-state index contributed by atoms with van der Waals surface area (Å²) in [5.41, 5.74) is -0.392. The van der Waals surface area contributed by atoms with Crippen molar-refractivity contribution in [2.75, 3.05) is 6.54 Å². The average molecular weight is 557 g/mol. The molecule has 194 valence electrons. The fourth-order valence-electron chi connectivity index (χ4n) is 5.53. The Bertz CT molecular complexity index is 1310. The SMILES string of the molecule is CC12CCC(C(S(=O)(=O)O)C1=O)C2(C)C.CCN[C@H]1C[C@H](C)S(=O)(=O)c2sc(S(N)(=O)=O)cc21. The Hall–Kier alpha value is -0.900. The fraction of sp³-hybridized carbons (Fsp3) is 0.750. The van der Waals surface area contributed by atoms with E-state index in [4.69, 9.17) is 9.69 Å². The zero-order chi connectivity index (χ0) is 26.1. The van der Waals surface area contributed by atoms with Gasteiger partial charge in [-0.15, -0.1) is 11.3 Å². The molecule has 0 amide bonds. The van der Waals surface area contributed by atoms with Crippen molar-refractivity contribution in [2.24, 2.45) is 21.9 Å². The van der Waals surface area contributed by atoms with Gasteiger partial charge in [0.25, 0.3) is 10.1 Å². The Morgan fingerprint density at radius 1 is 1.24 bits per heavy atom. The summed E-state index contributed by atoms with van der Waals surface area (Å²) in [4.78, 5) is 12.0.